The van der Waals surface area contributed by atoms with E-state index in [1.165, 1.54) is 0 Å². The van der Waals surface area contributed by atoms with E-state index in [0.717, 1.165) is 21.7 Å². The minimum atomic E-state index is -0.533. The summed E-state index contributed by atoms with van der Waals surface area (Å²) in [6.45, 7) is 5.10. The molecule has 1 unspecified atom stereocenters. The second-order valence-corrected chi connectivity index (χ2v) is 6.41. The standard InChI is InChI=1S/C12H16BrN3OS/c1-8(2)6-16-11(14-7-15-16)5-10(17)12-9(13)3-4-18-12/h3-4,7-8,10,17H,5-6H2,1-2H3. The molecule has 0 aromatic carbocycles. The number of rotatable bonds is 5. The first-order valence-corrected chi connectivity index (χ1v) is 7.52. The predicted molar refractivity (Wildman–Crippen MR) is 75.5 cm³/mol. The summed E-state index contributed by atoms with van der Waals surface area (Å²) in [5, 5.41) is 16.4. The molecule has 18 heavy (non-hydrogen) atoms. The quantitative estimate of drug-likeness (QED) is 0.917. The highest BCUT2D eigenvalue weighted by Crippen LogP contribution is 2.30. The van der Waals surface area contributed by atoms with Crippen LogP contribution in [0.25, 0.3) is 0 Å². The lowest BCUT2D eigenvalue weighted by molar-refractivity contribution is 0.176. The molecule has 1 N–H and O–H groups in total. The van der Waals surface area contributed by atoms with Crippen molar-refractivity contribution in [2.45, 2.75) is 32.9 Å². The molecule has 2 aromatic rings. The van der Waals surface area contributed by atoms with Crippen LogP contribution < -0.4 is 0 Å². The van der Waals surface area contributed by atoms with E-state index in [9.17, 15) is 5.11 Å². The van der Waals surface area contributed by atoms with E-state index in [2.05, 4.69) is 39.9 Å². The van der Waals surface area contributed by atoms with Crippen molar-refractivity contribution >= 4 is 27.3 Å². The maximum atomic E-state index is 10.2. The van der Waals surface area contributed by atoms with Crippen molar-refractivity contribution < 1.29 is 5.11 Å². The molecule has 2 aromatic heterocycles. The maximum absolute atomic E-state index is 10.2. The fourth-order valence-corrected chi connectivity index (χ4v) is 3.38. The van der Waals surface area contributed by atoms with Crippen LogP contribution in [0.5, 0.6) is 0 Å². The molecule has 0 bridgehead atoms. The minimum Gasteiger partial charge on any atom is -0.387 e. The van der Waals surface area contributed by atoms with Crippen LogP contribution in [0, 0.1) is 5.92 Å². The largest absolute Gasteiger partial charge is 0.387 e. The fraction of sp³-hybridized carbons (Fsp3) is 0.500. The molecule has 0 radical (unpaired) electrons. The van der Waals surface area contributed by atoms with Crippen molar-refractivity contribution in [2.75, 3.05) is 0 Å². The maximum Gasteiger partial charge on any atom is 0.138 e. The lowest BCUT2D eigenvalue weighted by atomic mass is 10.2. The molecule has 0 spiro atoms. The normalized spacial score (nSPS) is 13.2. The Morgan fingerprint density at radius 3 is 2.89 bits per heavy atom. The zero-order valence-electron chi connectivity index (χ0n) is 10.4. The molecule has 2 heterocycles. The van der Waals surface area contributed by atoms with Crippen molar-refractivity contribution in [1.82, 2.24) is 14.8 Å². The first-order valence-electron chi connectivity index (χ1n) is 5.85. The van der Waals surface area contributed by atoms with Crippen LogP contribution in [-0.4, -0.2) is 19.9 Å². The minimum absolute atomic E-state index is 0.492. The molecule has 0 saturated heterocycles. The predicted octanol–water partition coefficient (Wildman–Crippen LogP) is 3.03. The van der Waals surface area contributed by atoms with E-state index < -0.39 is 6.10 Å². The van der Waals surface area contributed by atoms with Crippen LogP contribution in [0.15, 0.2) is 22.2 Å². The molecule has 0 aliphatic rings. The number of nitrogens with zero attached hydrogens (tertiary/aromatic N) is 3. The molecular formula is C12H16BrN3OS. The average molecular weight is 330 g/mol. The molecule has 0 fully saturated rings. The second-order valence-electron chi connectivity index (χ2n) is 4.60. The molecule has 6 heteroatoms. The molecule has 0 aliphatic carbocycles. The zero-order chi connectivity index (χ0) is 13.1. The number of hydrogen-bond acceptors (Lipinski definition) is 4. The van der Waals surface area contributed by atoms with E-state index in [-0.39, 0.29) is 0 Å². The van der Waals surface area contributed by atoms with Crippen LogP contribution in [0.3, 0.4) is 0 Å². The van der Waals surface area contributed by atoms with E-state index >= 15 is 0 Å². The summed E-state index contributed by atoms with van der Waals surface area (Å²) >= 11 is 4.98. The van der Waals surface area contributed by atoms with Crippen molar-refractivity contribution in [3.8, 4) is 0 Å². The summed E-state index contributed by atoms with van der Waals surface area (Å²) < 4.78 is 2.82. The summed E-state index contributed by atoms with van der Waals surface area (Å²) in [5.41, 5.74) is 0. The summed E-state index contributed by atoms with van der Waals surface area (Å²) in [6, 6.07) is 1.95. The van der Waals surface area contributed by atoms with Crippen molar-refractivity contribution in [3.05, 3.63) is 32.9 Å². The van der Waals surface area contributed by atoms with Crippen molar-refractivity contribution in [2.24, 2.45) is 5.92 Å². The van der Waals surface area contributed by atoms with Crippen molar-refractivity contribution in [3.63, 3.8) is 0 Å². The molecule has 98 valence electrons. The Bertz CT molecular complexity index is 509. The van der Waals surface area contributed by atoms with Gasteiger partial charge in [-0.05, 0) is 33.3 Å². The Hall–Kier alpha value is -0.720. The molecule has 0 amide bonds. The summed E-state index contributed by atoms with van der Waals surface area (Å²) in [7, 11) is 0. The van der Waals surface area contributed by atoms with Crippen LogP contribution >= 0.6 is 27.3 Å². The number of aliphatic hydroxyl groups excluding tert-OH is 1. The van der Waals surface area contributed by atoms with Gasteiger partial charge in [0.05, 0.1) is 6.10 Å². The van der Waals surface area contributed by atoms with Crippen LogP contribution in [0.4, 0.5) is 0 Å². The first-order chi connectivity index (χ1) is 8.58. The van der Waals surface area contributed by atoms with E-state index in [0.29, 0.717) is 12.3 Å². The summed E-state index contributed by atoms with van der Waals surface area (Å²) in [4.78, 5) is 5.17. The van der Waals surface area contributed by atoms with Crippen molar-refractivity contribution in [1.29, 1.82) is 0 Å². The molecule has 1 atom stereocenters. The SMILES string of the molecule is CC(C)Cn1ncnc1CC(O)c1sccc1Br. The average Bonchev–Trinajstić information content (AvgIpc) is 2.88. The van der Waals surface area contributed by atoms with E-state index in [1.807, 2.05) is 16.1 Å². The van der Waals surface area contributed by atoms with Gasteiger partial charge < -0.3 is 5.11 Å². The lowest BCUT2D eigenvalue weighted by Crippen LogP contribution is -2.13. The Kier molecular flexibility index (Phi) is 4.53. The fourth-order valence-electron chi connectivity index (χ4n) is 1.75. The van der Waals surface area contributed by atoms with Gasteiger partial charge in [-0.1, -0.05) is 13.8 Å². The van der Waals surface area contributed by atoms with E-state index in [4.69, 9.17) is 0 Å². The van der Waals surface area contributed by atoms with Crippen LogP contribution in [0.1, 0.15) is 30.7 Å². The Labute approximate surface area is 119 Å². The van der Waals surface area contributed by atoms with Gasteiger partial charge in [0.1, 0.15) is 12.2 Å². The van der Waals surface area contributed by atoms with Gasteiger partial charge in [-0.2, -0.15) is 5.10 Å². The monoisotopic (exact) mass is 329 g/mol. The van der Waals surface area contributed by atoms with Gasteiger partial charge in [0.25, 0.3) is 0 Å². The number of halogens is 1. The lowest BCUT2D eigenvalue weighted by Gasteiger charge is -2.12. The molecule has 0 saturated carbocycles. The second kappa shape index (κ2) is 5.95. The third-order valence-corrected chi connectivity index (χ3v) is 4.53. The summed E-state index contributed by atoms with van der Waals surface area (Å²) in [5.74, 6) is 1.34. The van der Waals surface area contributed by atoms with Gasteiger partial charge in [0.2, 0.25) is 0 Å². The Morgan fingerprint density at radius 2 is 2.28 bits per heavy atom. The highest BCUT2D eigenvalue weighted by atomic mass is 79.9. The number of aromatic nitrogens is 3. The first kappa shape index (κ1) is 13.7. The van der Waals surface area contributed by atoms with Gasteiger partial charge in [0, 0.05) is 22.3 Å². The third kappa shape index (κ3) is 3.18. The zero-order valence-corrected chi connectivity index (χ0v) is 12.8. The van der Waals surface area contributed by atoms with Gasteiger partial charge in [0.15, 0.2) is 0 Å². The van der Waals surface area contributed by atoms with Crippen LogP contribution in [0.2, 0.25) is 0 Å². The van der Waals surface area contributed by atoms with Gasteiger partial charge in [-0.25, -0.2) is 9.67 Å². The third-order valence-electron chi connectivity index (χ3n) is 2.56. The molecular weight excluding hydrogens is 314 g/mol. The topological polar surface area (TPSA) is 50.9 Å². The highest BCUT2D eigenvalue weighted by Gasteiger charge is 2.17. The Balaban J connectivity index is 2.10. The molecule has 2 rings (SSSR count). The smallest absolute Gasteiger partial charge is 0.138 e. The Morgan fingerprint density at radius 1 is 1.50 bits per heavy atom. The van der Waals surface area contributed by atoms with E-state index in [1.54, 1.807) is 17.7 Å². The van der Waals surface area contributed by atoms with Gasteiger partial charge >= 0.3 is 0 Å². The van der Waals surface area contributed by atoms with Gasteiger partial charge in [-0.15, -0.1) is 11.3 Å². The number of hydrogen-bond donors (Lipinski definition) is 1. The highest BCUT2D eigenvalue weighted by molar-refractivity contribution is 9.10. The van der Waals surface area contributed by atoms with Gasteiger partial charge in [-0.3, -0.25) is 0 Å². The molecule has 0 aliphatic heterocycles. The summed E-state index contributed by atoms with van der Waals surface area (Å²) in [6.07, 6.45) is 1.51. The van der Waals surface area contributed by atoms with Crippen LogP contribution in [-0.2, 0) is 13.0 Å². The number of aliphatic hydroxyl groups is 1. The molecule has 4 nitrogen and oxygen atoms in total. The number of thiophene rings is 1.